The first-order chi connectivity index (χ1) is 9.70. The van der Waals surface area contributed by atoms with E-state index in [4.69, 9.17) is 18.0 Å². The van der Waals surface area contributed by atoms with Crippen LogP contribution in [0.25, 0.3) is 0 Å². The second kappa shape index (κ2) is 7.39. The fraction of sp³-hybridized carbons (Fsp3) is 0.500. The molecule has 3 nitrogen and oxygen atoms in total. The van der Waals surface area contributed by atoms with E-state index >= 15 is 0 Å². The molecule has 0 radical (unpaired) electrons. The second-order valence-corrected chi connectivity index (χ2v) is 5.80. The molecule has 1 aromatic carbocycles. The topological polar surface area (TPSA) is 50.4 Å². The average Bonchev–Trinajstić information content (AvgIpc) is 2.76. The van der Waals surface area contributed by atoms with Crippen molar-refractivity contribution in [3.8, 4) is 0 Å². The van der Waals surface area contributed by atoms with Gasteiger partial charge in [-0.15, -0.1) is 0 Å². The van der Waals surface area contributed by atoms with E-state index < -0.39 is 0 Å². The van der Waals surface area contributed by atoms with E-state index in [2.05, 4.69) is 10.3 Å². The summed E-state index contributed by atoms with van der Waals surface area (Å²) in [6.07, 6.45) is 7.75. The van der Waals surface area contributed by atoms with Crippen molar-refractivity contribution in [3.05, 3.63) is 29.8 Å². The summed E-state index contributed by atoms with van der Waals surface area (Å²) in [4.78, 5) is 4.96. The zero-order valence-corrected chi connectivity index (χ0v) is 12.9. The summed E-state index contributed by atoms with van der Waals surface area (Å²) in [6, 6.07) is 7.97. The van der Waals surface area contributed by atoms with Gasteiger partial charge in [-0.2, -0.15) is 0 Å². The fourth-order valence-corrected chi connectivity index (χ4v) is 2.99. The molecule has 0 heterocycles. The fourth-order valence-electron chi connectivity index (χ4n) is 2.64. The molecular weight excluding hydrogens is 266 g/mol. The van der Waals surface area contributed by atoms with Crippen LogP contribution in [-0.4, -0.2) is 17.9 Å². The van der Waals surface area contributed by atoms with E-state index in [0.29, 0.717) is 11.8 Å². The van der Waals surface area contributed by atoms with E-state index in [-0.39, 0.29) is 0 Å². The Hall–Kier alpha value is -1.42. The maximum atomic E-state index is 5.78. The molecule has 0 bridgehead atoms. The van der Waals surface area contributed by atoms with Crippen LogP contribution in [0.1, 0.15) is 44.1 Å². The number of hydrogen-bond donors (Lipinski definition) is 2. The largest absolute Gasteiger partial charge is 0.384 e. The normalized spacial score (nSPS) is 17.6. The van der Waals surface area contributed by atoms with Gasteiger partial charge in [0.2, 0.25) is 0 Å². The lowest BCUT2D eigenvalue weighted by Gasteiger charge is -2.17. The van der Waals surface area contributed by atoms with Crippen LogP contribution in [0.5, 0.6) is 0 Å². The standard InChI is InChI=1S/C16H23N3S/c1-18-15(17)12-8-10-14(11-9-12)19-16(20)13-6-4-2-3-5-7-13/h8-11,13H,2-7H2,1H3,(H2,17,18)(H,19,20). The molecule has 1 aliphatic carbocycles. The first-order valence-corrected chi connectivity index (χ1v) is 7.75. The van der Waals surface area contributed by atoms with Gasteiger partial charge in [0, 0.05) is 24.2 Å². The molecule has 0 saturated heterocycles. The maximum absolute atomic E-state index is 5.78. The number of rotatable bonds is 3. The molecule has 0 aliphatic heterocycles. The highest BCUT2D eigenvalue weighted by atomic mass is 32.1. The zero-order chi connectivity index (χ0) is 14.4. The number of anilines is 1. The van der Waals surface area contributed by atoms with E-state index in [9.17, 15) is 0 Å². The number of hydrogen-bond acceptors (Lipinski definition) is 2. The Labute approximate surface area is 126 Å². The van der Waals surface area contributed by atoms with E-state index in [1.807, 2.05) is 24.3 Å². The predicted molar refractivity (Wildman–Crippen MR) is 90.5 cm³/mol. The van der Waals surface area contributed by atoms with Crippen molar-refractivity contribution in [2.24, 2.45) is 16.6 Å². The number of nitrogens with zero attached hydrogens (tertiary/aromatic N) is 1. The van der Waals surface area contributed by atoms with Crippen LogP contribution in [0.3, 0.4) is 0 Å². The van der Waals surface area contributed by atoms with Crippen molar-refractivity contribution in [2.75, 3.05) is 12.4 Å². The van der Waals surface area contributed by atoms with Crippen LogP contribution >= 0.6 is 12.2 Å². The Morgan fingerprint density at radius 2 is 1.75 bits per heavy atom. The number of benzene rings is 1. The Bertz CT molecular complexity index is 471. The summed E-state index contributed by atoms with van der Waals surface area (Å²) in [5, 5.41) is 3.37. The van der Waals surface area contributed by atoms with Crippen molar-refractivity contribution in [1.82, 2.24) is 0 Å². The lowest BCUT2D eigenvalue weighted by atomic mass is 10.00. The third-order valence-corrected chi connectivity index (χ3v) is 4.35. The van der Waals surface area contributed by atoms with Gasteiger partial charge in [0.15, 0.2) is 0 Å². The molecule has 0 spiro atoms. The van der Waals surface area contributed by atoms with Crippen LogP contribution in [-0.2, 0) is 0 Å². The van der Waals surface area contributed by atoms with Crippen molar-refractivity contribution in [1.29, 1.82) is 0 Å². The van der Waals surface area contributed by atoms with E-state index in [1.54, 1.807) is 7.05 Å². The third kappa shape index (κ3) is 4.04. The van der Waals surface area contributed by atoms with Crippen LogP contribution < -0.4 is 11.1 Å². The number of thiocarbonyl (C=S) groups is 1. The lowest BCUT2D eigenvalue weighted by Crippen LogP contribution is -2.20. The van der Waals surface area contributed by atoms with Crippen LogP contribution in [0.2, 0.25) is 0 Å². The molecule has 4 heteroatoms. The smallest absolute Gasteiger partial charge is 0.125 e. The Kier molecular flexibility index (Phi) is 5.53. The van der Waals surface area contributed by atoms with Gasteiger partial charge in [-0.05, 0) is 37.1 Å². The quantitative estimate of drug-likeness (QED) is 0.386. The van der Waals surface area contributed by atoms with Gasteiger partial charge >= 0.3 is 0 Å². The average molecular weight is 289 g/mol. The number of aliphatic imine (C=N–C) groups is 1. The maximum Gasteiger partial charge on any atom is 0.125 e. The second-order valence-electron chi connectivity index (χ2n) is 5.36. The van der Waals surface area contributed by atoms with Gasteiger partial charge in [0.1, 0.15) is 5.84 Å². The molecule has 0 unspecified atom stereocenters. The molecule has 0 aromatic heterocycles. The highest BCUT2D eigenvalue weighted by Gasteiger charge is 2.16. The van der Waals surface area contributed by atoms with Crippen LogP contribution in [0.4, 0.5) is 5.69 Å². The molecule has 1 saturated carbocycles. The molecule has 1 aliphatic rings. The number of amidine groups is 1. The molecule has 108 valence electrons. The van der Waals surface area contributed by atoms with Gasteiger partial charge in [-0.25, -0.2) is 0 Å². The third-order valence-electron chi connectivity index (χ3n) is 3.92. The minimum atomic E-state index is 0.537. The Morgan fingerprint density at radius 1 is 1.15 bits per heavy atom. The first-order valence-electron chi connectivity index (χ1n) is 7.34. The molecule has 20 heavy (non-hydrogen) atoms. The van der Waals surface area contributed by atoms with Crippen molar-refractivity contribution >= 4 is 28.7 Å². The number of nitrogens with two attached hydrogens (primary N) is 1. The summed E-state index contributed by atoms with van der Waals surface area (Å²) >= 11 is 5.56. The zero-order valence-electron chi connectivity index (χ0n) is 12.1. The minimum Gasteiger partial charge on any atom is -0.384 e. The molecule has 2 rings (SSSR count). The first kappa shape index (κ1) is 15.0. The van der Waals surface area contributed by atoms with Gasteiger partial charge < -0.3 is 11.1 Å². The minimum absolute atomic E-state index is 0.537. The van der Waals surface area contributed by atoms with E-state index in [0.717, 1.165) is 16.2 Å². The molecule has 1 aromatic rings. The Morgan fingerprint density at radius 3 is 2.30 bits per heavy atom. The number of nitrogens with one attached hydrogen (secondary N) is 1. The molecular formula is C16H23N3S. The highest BCUT2D eigenvalue weighted by molar-refractivity contribution is 7.80. The molecule has 1 fully saturated rings. The van der Waals surface area contributed by atoms with Crippen LogP contribution in [0, 0.1) is 5.92 Å². The summed E-state index contributed by atoms with van der Waals surface area (Å²) in [6.45, 7) is 0. The SMILES string of the molecule is CN=C(N)c1ccc(NC(=S)C2CCCCCC2)cc1. The Balaban J connectivity index is 1.97. The summed E-state index contributed by atoms with van der Waals surface area (Å²) in [5.41, 5.74) is 7.76. The van der Waals surface area contributed by atoms with Crippen molar-refractivity contribution < 1.29 is 0 Å². The summed E-state index contributed by atoms with van der Waals surface area (Å²) in [7, 11) is 1.70. The summed E-state index contributed by atoms with van der Waals surface area (Å²) in [5.74, 6) is 1.09. The van der Waals surface area contributed by atoms with Gasteiger partial charge in [0.05, 0.1) is 4.99 Å². The molecule has 0 atom stereocenters. The lowest BCUT2D eigenvalue weighted by molar-refractivity contribution is 0.597. The van der Waals surface area contributed by atoms with Gasteiger partial charge in [-0.1, -0.05) is 37.9 Å². The predicted octanol–water partition coefficient (Wildman–Crippen LogP) is 3.73. The van der Waals surface area contributed by atoms with E-state index in [1.165, 1.54) is 38.5 Å². The summed E-state index contributed by atoms with van der Waals surface area (Å²) < 4.78 is 0. The van der Waals surface area contributed by atoms with Crippen molar-refractivity contribution in [2.45, 2.75) is 38.5 Å². The van der Waals surface area contributed by atoms with Crippen LogP contribution in [0.15, 0.2) is 29.3 Å². The highest BCUT2D eigenvalue weighted by Crippen LogP contribution is 2.25. The van der Waals surface area contributed by atoms with Crippen molar-refractivity contribution in [3.63, 3.8) is 0 Å². The van der Waals surface area contributed by atoms with Gasteiger partial charge in [0.25, 0.3) is 0 Å². The van der Waals surface area contributed by atoms with Gasteiger partial charge in [-0.3, -0.25) is 4.99 Å². The molecule has 3 N–H and O–H groups in total. The monoisotopic (exact) mass is 289 g/mol. The molecule has 0 amide bonds.